The Balaban J connectivity index is 1.97. The second kappa shape index (κ2) is 7.85. The van der Waals surface area contributed by atoms with Crippen LogP contribution in [-0.4, -0.2) is 26.6 Å². The summed E-state index contributed by atoms with van der Waals surface area (Å²) >= 11 is 6.28. The molecule has 0 spiro atoms. The molecule has 0 saturated heterocycles. The number of aromatic nitrogens is 4. The van der Waals surface area contributed by atoms with Gasteiger partial charge in [-0.15, -0.1) is 0 Å². The molecule has 152 valence electrons. The summed E-state index contributed by atoms with van der Waals surface area (Å²) in [4.78, 5) is 13.4. The SMILES string of the molecule is COc1nc(Cl)nc2c1ncn2C(c1ccccc1)(c1ccccc1)c1ccccc1. The molecule has 5 rings (SSSR count). The molecule has 2 heterocycles. The van der Waals surface area contributed by atoms with E-state index in [1.807, 2.05) is 54.6 Å². The van der Waals surface area contributed by atoms with Crippen molar-refractivity contribution in [2.45, 2.75) is 5.54 Å². The molecule has 5 aromatic rings. The number of fused-ring (bicyclic) bond motifs is 1. The van der Waals surface area contributed by atoms with Crippen molar-refractivity contribution in [3.63, 3.8) is 0 Å². The molecule has 0 N–H and O–H groups in total. The lowest BCUT2D eigenvalue weighted by atomic mass is 9.76. The standard InChI is InChI=1S/C25H19ClN4O/c1-31-23-21-22(28-24(26)29-23)30(17-27-21)25(18-11-5-2-6-12-18,19-13-7-3-8-14-19)20-15-9-4-10-16-20/h2-17H,1H3. The van der Waals surface area contributed by atoms with Crippen LogP contribution < -0.4 is 4.74 Å². The predicted molar refractivity (Wildman–Crippen MR) is 121 cm³/mol. The van der Waals surface area contributed by atoms with E-state index in [1.54, 1.807) is 13.4 Å². The minimum absolute atomic E-state index is 0.106. The maximum atomic E-state index is 6.28. The van der Waals surface area contributed by atoms with Gasteiger partial charge in [-0.2, -0.15) is 9.97 Å². The van der Waals surface area contributed by atoms with Crippen LogP contribution in [-0.2, 0) is 5.54 Å². The molecule has 0 aliphatic heterocycles. The number of rotatable bonds is 5. The summed E-state index contributed by atoms with van der Waals surface area (Å²) in [5.74, 6) is 0.344. The van der Waals surface area contributed by atoms with Crippen LogP contribution in [0.25, 0.3) is 11.2 Å². The van der Waals surface area contributed by atoms with E-state index in [0.29, 0.717) is 17.0 Å². The summed E-state index contributed by atoms with van der Waals surface area (Å²) in [5, 5.41) is 0.106. The first kappa shape index (κ1) is 19.3. The molecule has 31 heavy (non-hydrogen) atoms. The van der Waals surface area contributed by atoms with Gasteiger partial charge in [-0.25, -0.2) is 4.98 Å². The van der Waals surface area contributed by atoms with E-state index in [-0.39, 0.29) is 5.28 Å². The second-order valence-corrected chi connectivity index (χ2v) is 7.44. The van der Waals surface area contributed by atoms with Crippen molar-refractivity contribution >= 4 is 22.8 Å². The highest BCUT2D eigenvalue weighted by atomic mass is 35.5. The molecule has 0 amide bonds. The number of nitrogens with zero attached hydrogens (tertiary/aromatic N) is 4. The van der Waals surface area contributed by atoms with E-state index in [4.69, 9.17) is 16.3 Å². The first-order valence-corrected chi connectivity index (χ1v) is 10.2. The summed E-state index contributed by atoms with van der Waals surface area (Å²) in [5.41, 5.74) is 3.62. The van der Waals surface area contributed by atoms with Gasteiger partial charge in [-0.1, -0.05) is 91.0 Å². The van der Waals surface area contributed by atoms with Gasteiger partial charge in [0.25, 0.3) is 0 Å². The van der Waals surface area contributed by atoms with Gasteiger partial charge in [0, 0.05) is 0 Å². The van der Waals surface area contributed by atoms with Crippen LogP contribution in [0.1, 0.15) is 16.7 Å². The van der Waals surface area contributed by atoms with Crippen LogP contribution in [0.15, 0.2) is 97.3 Å². The van der Waals surface area contributed by atoms with Gasteiger partial charge < -0.3 is 4.74 Å². The molecule has 3 aromatic carbocycles. The summed E-state index contributed by atoms with van der Waals surface area (Å²) in [6.07, 6.45) is 1.78. The Labute approximate surface area is 185 Å². The van der Waals surface area contributed by atoms with Gasteiger partial charge >= 0.3 is 0 Å². The van der Waals surface area contributed by atoms with Crippen molar-refractivity contribution in [1.29, 1.82) is 0 Å². The van der Waals surface area contributed by atoms with E-state index >= 15 is 0 Å². The van der Waals surface area contributed by atoms with E-state index in [1.165, 1.54) is 0 Å². The number of hydrogen-bond acceptors (Lipinski definition) is 4. The van der Waals surface area contributed by atoms with Gasteiger partial charge in [-0.3, -0.25) is 4.57 Å². The highest BCUT2D eigenvalue weighted by Crippen LogP contribution is 2.42. The van der Waals surface area contributed by atoms with Crippen LogP contribution in [0.2, 0.25) is 5.28 Å². The molecular weight excluding hydrogens is 408 g/mol. The number of ether oxygens (including phenoxy) is 1. The van der Waals surface area contributed by atoms with Crippen molar-refractivity contribution in [1.82, 2.24) is 19.5 Å². The fraction of sp³-hybridized carbons (Fsp3) is 0.0800. The molecule has 0 fully saturated rings. The molecule has 5 nitrogen and oxygen atoms in total. The lowest BCUT2D eigenvalue weighted by Crippen LogP contribution is -2.37. The van der Waals surface area contributed by atoms with Crippen molar-refractivity contribution < 1.29 is 4.74 Å². The highest BCUT2D eigenvalue weighted by molar-refractivity contribution is 6.28. The second-order valence-electron chi connectivity index (χ2n) is 7.10. The Morgan fingerprint density at radius 1 is 0.742 bits per heavy atom. The zero-order chi connectivity index (χ0) is 21.3. The maximum absolute atomic E-state index is 6.28. The first-order chi connectivity index (χ1) is 15.2. The third kappa shape index (κ3) is 3.05. The molecule has 0 unspecified atom stereocenters. The summed E-state index contributed by atoms with van der Waals surface area (Å²) in [7, 11) is 1.55. The lowest BCUT2D eigenvalue weighted by molar-refractivity contribution is 0.401. The lowest BCUT2D eigenvalue weighted by Gasteiger charge is -2.37. The van der Waals surface area contributed by atoms with Crippen LogP contribution in [0, 0.1) is 0 Å². The quantitative estimate of drug-likeness (QED) is 0.281. The fourth-order valence-electron chi connectivity index (χ4n) is 4.19. The summed E-state index contributed by atoms with van der Waals surface area (Å²) in [6, 6.07) is 31.0. The van der Waals surface area contributed by atoms with Crippen molar-refractivity contribution in [3.8, 4) is 5.88 Å². The van der Waals surface area contributed by atoms with Crippen molar-refractivity contribution in [3.05, 3.63) is 119 Å². The van der Waals surface area contributed by atoms with Gasteiger partial charge in [0.15, 0.2) is 11.2 Å². The third-order valence-corrected chi connectivity index (χ3v) is 5.64. The Hall–Kier alpha value is -3.70. The molecule has 0 saturated carbocycles. The molecule has 2 aromatic heterocycles. The number of imidazole rings is 1. The summed E-state index contributed by atoms with van der Waals surface area (Å²) in [6.45, 7) is 0. The average molecular weight is 427 g/mol. The van der Waals surface area contributed by atoms with Gasteiger partial charge in [0.1, 0.15) is 5.54 Å². The minimum Gasteiger partial charge on any atom is -0.479 e. The van der Waals surface area contributed by atoms with Gasteiger partial charge in [0.2, 0.25) is 11.2 Å². The summed E-state index contributed by atoms with van der Waals surface area (Å²) < 4.78 is 7.49. The van der Waals surface area contributed by atoms with E-state index < -0.39 is 5.54 Å². The first-order valence-electron chi connectivity index (χ1n) is 9.87. The topological polar surface area (TPSA) is 52.8 Å². The number of halogens is 1. The average Bonchev–Trinajstić information content (AvgIpc) is 3.25. The Morgan fingerprint density at radius 3 is 1.68 bits per heavy atom. The zero-order valence-electron chi connectivity index (χ0n) is 16.8. The van der Waals surface area contributed by atoms with E-state index in [2.05, 4.69) is 55.9 Å². The number of hydrogen-bond donors (Lipinski definition) is 0. The molecule has 0 aliphatic carbocycles. The predicted octanol–water partition coefficient (Wildman–Crippen LogP) is 5.33. The molecule has 0 radical (unpaired) electrons. The molecule has 6 heteroatoms. The van der Waals surface area contributed by atoms with Gasteiger partial charge in [-0.05, 0) is 28.3 Å². The van der Waals surface area contributed by atoms with Crippen molar-refractivity contribution in [2.75, 3.05) is 7.11 Å². The van der Waals surface area contributed by atoms with E-state index in [0.717, 1.165) is 16.7 Å². The van der Waals surface area contributed by atoms with Crippen LogP contribution in [0.4, 0.5) is 0 Å². The van der Waals surface area contributed by atoms with Gasteiger partial charge in [0.05, 0.1) is 13.4 Å². The van der Waals surface area contributed by atoms with Crippen LogP contribution in [0.3, 0.4) is 0 Å². The Kier molecular flexibility index (Phi) is 4.88. The monoisotopic (exact) mass is 426 g/mol. The van der Waals surface area contributed by atoms with Crippen molar-refractivity contribution in [2.24, 2.45) is 0 Å². The molecule has 0 atom stereocenters. The molecular formula is C25H19ClN4O. The third-order valence-electron chi connectivity index (χ3n) is 5.47. The number of methoxy groups -OCH3 is 1. The normalized spacial score (nSPS) is 11.5. The highest BCUT2D eigenvalue weighted by Gasteiger charge is 2.40. The smallest absolute Gasteiger partial charge is 0.246 e. The number of benzene rings is 3. The largest absolute Gasteiger partial charge is 0.479 e. The van der Waals surface area contributed by atoms with E-state index in [9.17, 15) is 0 Å². The Morgan fingerprint density at radius 2 is 1.23 bits per heavy atom. The van der Waals surface area contributed by atoms with Crippen LogP contribution >= 0.6 is 11.6 Å². The minimum atomic E-state index is -0.735. The molecule has 0 bridgehead atoms. The zero-order valence-corrected chi connectivity index (χ0v) is 17.6. The Bertz CT molecular complexity index is 1220. The molecule has 0 aliphatic rings. The van der Waals surface area contributed by atoms with Crippen LogP contribution in [0.5, 0.6) is 5.88 Å². The maximum Gasteiger partial charge on any atom is 0.246 e. The fourth-order valence-corrected chi connectivity index (χ4v) is 4.35.